The molecule has 0 atom stereocenters. The molecule has 0 aromatic heterocycles. The van der Waals surface area contributed by atoms with Gasteiger partial charge >= 0.3 is 0 Å². The monoisotopic (exact) mass is 299 g/mol. The fourth-order valence-corrected chi connectivity index (χ4v) is 2.77. The highest BCUT2D eigenvalue weighted by atomic mass is 35.5. The molecule has 0 amide bonds. The van der Waals surface area contributed by atoms with E-state index in [1.165, 1.54) is 19.1 Å². The number of Topliss-reactive ketones (excluding diaryl/α,β-unsaturated/α-hetero) is 1. The summed E-state index contributed by atoms with van der Waals surface area (Å²) in [6, 6.07) is 9.62. The number of rotatable bonds is 2. The number of carbonyl (C=O) groups is 3. The van der Waals surface area contributed by atoms with E-state index in [0.29, 0.717) is 11.1 Å². The summed E-state index contributed by atoms with van der Waals surface area (Å²) in [6.45, 7) is 1.38. The van der Waals surface area contributed by atoms with Crippen LogP contribution < -0.4 is 4.84 Å². The van der Waals surface area contributed by atoms with Gasteiger partial charge in [0.15, 0.2) is 17.3 Å². The van der Waals surface area contributed by atoms with E-state index in [-0.39, 0.29) is 39.7 Å². The minimum atomic E-state index is -0.313. The Balaban J connectivity index is 2.35. The van der Waals surface area contributed by atoms with Crippen LogP contribution in [0.15, 0.2) is 36.4 Å². The van der Waals surface area contributed by atoms with E-state index in [0.717, 1.165) is 0 Å². The molecule has 21 heavy (non-hydrogen) atoms. The topological polar surface area (TPSA) is 63.2 Å². The van der Waals surface area contributed by atoms with Gasteiger partial charge in [-0.05, 0) is 19.1 Å². The van der Waals surface area contributed by atoms with Crippen molar-refractivity contribution in [3.05, 3.63) is 64.2 Å². The molecule has 0 bridgehead atoms. The van der Waals surface area contributed by atoms with Crippen molar-refractivity contribution in [2.75, 3.05) is 4.84 Å². The minimum Gasteiger partial charge on any atom is -0.297 e. The summed E-state index contributed by atoms with van der Waals surface area (Å²) < 4.78 is 0. The molecule has 0 spiro atoms. The van der Waals surface area contributed by atoms with Crippen molar-refractivity contribution in [3.8, 4) is 0 Å². The van der Waals surface area contributed by atoms with Gasteiger partial charge in [-0.15, -0.1) is 0 Å². The lowest BCUT2D eigenvalue weighted by atomic mass is 9.82. The Hall–Kier alpha value is -2.46. The molecule has 2 aromatic carbocycles. The van der Waals surface area contributed by atoms with Crippen molar-refractivity contribution in [1.29, 1.82) is 0 Å². The summed E-state index contributed by atoms with van der Waals surface area (Å²) in [5.41, 5.74) is 1.57. The summed E-state index contributed by atoms with van der Waals surface area (Å²) in [4.78, 5) is 39.2. The van der Waals surface area contributed by atoms with Crippen LogP contribution in [0.25, 0.3) is 0 Å². The van der Waals surface area contributed by atoms with Crippen LogP contribution in [-0.4, -0.2) is 17.3 Å². The van der Waals surface area contributed by atoms with E-state index in [9.17, 15) is 14.4 Å². The van der Waals surface area contributed by atoms with Gasteiger partial charge in [-0.1, -0.05) is 24.3 Å². The molecule has 2 aromatic rings. The van der Waals surface area contributed by atoms with Crippen LogP contribution in [0.5, 0.6) is 0 Å². The van der Waals surface area contributed by atoms with Gasteiger partial charge < -0.3 is 0 Å². The zero-order valence-electron chi connectivity index (χ0n) is 11.1. The molecule has 0 saturated carbocycles. The van der Waals surface area contributed by atoms with E-state index < -0.39 is 0 Å². The first-order chi connectivity index (χ1) is 10.1. The second-order valence-corrected chi connectivity index (χ2v) is 4.95. The van der Waals surface area contributed by atoms with Gasteiger partial charge in [0.05, 0.1) is 11.3 Å². The second kappa shape index (κ2) is 4.82. The molecule has 0 saturated heterocycles. The fourth-order valence-electron chi connectivity index (χ4n) is 2.58. The maximum atomic E-state index is 12.6. The highest BCUT2D eigenvalue weighted by Gasteiger charge is 2.32. The van der Waals surface area contributed by atoms with Gasteiger partial charge in [0.2, 0.25) is 0 Å². The summed E-state index contributed by atoms with van der Waals surface area (Å²) in [5, 5.41) is 0. The SMILES string of the molecule is CC(=O)c1ccc2c(c1NCl)C(=O)c1ccccc1C2=O. The molecule has 0 unspecified atom stereocenters. The van der Waals surface area contributed by atoms with Crippen molar-refractivity contribution < 1.29 is 14.4 Å². The fraction of sp³-hybridized carbons (Fsp3) is 0.0625. The number of halogens is 1. The van der Waals surface area contributed by atoms with Crippen molar-refractivity contribution in [3.63, 3.8) is 0 Å². The van der Waals surface area contributed by atoms with E-state index in [1.807, 2.05) is 0 Å². The maximum Gasteiger partial charge on any atom is 0.196 e. The lowest BCUT2D eigenvalue weighted by molar-refractivity contribution is 0.0978. The van der Waals surface area contributed by atoms with Gasteiger partial charge in [0.1, 0.15) is 0 Å². The number of nitrogens with one attached hydrogen (secondary N) is 1. The highest BCUT2D eigenvalue weighted by molar-refractivity contribution is 6.34. The first-order valence-electron chi connectivity index (χ1n) is 6.29. The van der Waals surface area contributed by atoms with Gasteiger partial charge in [0, 0.05) is 34.0 Å². The molecule has 104 valence electrons. The number of benzene rings is 2. The zero-order valence-corrected chi connectivity index (χ0v) is 11.8. The molecule has 0 radical (unpaired) electrons. The Morgan fingerprint density at radius 3 is 2.14 bits per heavy atom. The van der Waals surface area contributed by atoms with Crippen LogP contribution in [0.4, 0.5) is 5.69 Å². The van der Waals surface area contributed by atoms with Crippen LogP contribution in [0, 0.1) is 0 Å². The molecule has 5 heteroatoms. The number of hydrogen-bond donors (Lipinski definition) is 1. The molecule has 0 heterocycles. The summed E-state index contributed by atoms with van der Waals surface area (Å²) >= 11 is 5.69. The molecule has 1 N–H and O–H groups in total. The lowest BCUT2D eigenvalue weighted by Crippen LogP contribution is -2.22. The van der Waals surface area contributed by atoms with E-state index in [4.69, 9.17) is 11.8 Å². The Kier molecular flexibility index (Phi) is 3.11. The number of ketones is 3. The van der Waals surface area contributed by atoms with Crippen LogP contribution in [0.1, 0.15) is 49.1 Å². The molecular weight excluding hydrogens is 290 g/mol. The predicted molar refractivity (Wildman–Crippen MR) is 79.2 cm³/mol. The smallest absolute Gasteiger partial charge is 0.196 e. The number of anilines is 1. The summed E-state index contributed by atoms with van der Waals surface area (Å²) in [5.74, 6) is -0.796. The average molecular weight is 300 g/mol. The zero-order chi connectivity index (χ0) is 15.1. The normalized spacial score (nSPS) is 12.7. The molecule has 0 fully saturated rings. The second-order valence-electron chi connectivity index (χ2n) is 4.77. The van der Waals surface area contributed by atoms with Crippen molar-refractivity contribution in [2.24, 2.45) is 0 Å². The largest absolute Gasteiger partial charge is 0.297 e. The average Bonchev–Trinajstić information content (AvgIpc) is 2.51. The standard InChI is InChI=1S/C16H10ClNO3/c1-8(19)9-6-7-12-13(14(9)18-17)16(21)11-5-3-2-4-10(11)15(12)20/h2-7,18H,1H3. The number of carbonyl (C=O) groups excluding carboxylic acids is 3. The van der Waals surface area contributed by atoms with E-state index >= 15 is 0 Å². The van der Waals surface area contributed by atoms with Crippen molar-refractivity contribution >= 4 is 34.8 Å². The van der Waals surface area contributed by atoms with E-state index in [1.54, 1.807) is 24.3 Å². The van der Waals surface area contributed by atoms with Crippen LogP contribution >= 0.6 is 11.8 Å². The number of fused-ring (bicyclic) bond motifs is 2. The predicted octanol–water partition coefficient (Wildman–Crippen LogP) is 3.23. The van der Waals surface area contributed by atoms with E-state index in [2.05, 4.69) is 4.84 Å². The van der Waals surface area contributed by atoms with Crippen LogP contribution in [0.3, 0.4) is 0 Å². The first kappa shape index (κ1) is 13.5. The molecule has 1 aliphatic rings. The molecular formula is C16H10ClNO3. The molecule has 1 aliphatic carbocycles. The van der Waals surface area contributed by atoms with Crippen LogP contribution in [0.2, 0.25) is 0 Å². The third kappa shape index (κ3) is 1.87. The van der Waals surface area contributed by atoms with Gasteiger partial charge in [-0.2, -0.15) is 0 Å². The third-order valence-corrected chi connectivity index (χ3v) is 3.76. The quantitative estimate of drug-likeness (QED) is 0.583. The van der Waals surface area contributed by atoms with Gasteiger partial charge in [-0.3, -0.25) is 19.2 Å². The Bertz CT molecular complexity index is 811. The third-order valence-electron chi connectivity index (χ3n) is 3.57. The van der Waals surface area contributed by atoms with Gasteiger partial charge in [-0.25, -0.2) is 0 Å². The maximum absolute atomic E-state index is 12.6. The Morgan fingerprint density at radius 2 is 1.57 bits per heavy atom. The first-order valence-corrected chi connectivity index (χ1v) is 6.67. The summed E-state index contributed by atoms with van der Waals surface area (Å²) in [7, 11) is 0. The molecule has 0 aliphatic heterocycles. The molecule has 3 rings (SSSR count). The Labute approximate surface area is 125 Å². The van der Waals surface area contributed by atoms with Crippen molar-refractivity contribution in [1.82, 2.24) is 0 Å². The molecule has 4 nitrogen and oxygen atoms in total. The Morgan fingerprint density at radius 1 is 0.952 bits per heavy atom. The van der Waals surface area contributed by atoms with Crippen LogP contribution in [-0.2, 0) is 0 Å². The highest BCUT2D eigenvalue weighted by Crippen LogP contribution is 2.34. The number of hydrogen-bond acceptors (Lipinski definition) is 4. The van der Waals surface area contributed by atoms with Crippen molar-refractivity contribution in [2.45, 2.75) is 6.92 Å². The van der Waals surface area contributed by atoms with Gasteiger partial charge in [0.25, 0.3) is 0 Å². The lowest BCUT2D eigenvalue weighted by Gasteiger charge is -2.20. The minimum absolute atomic E-state index is 0.154. The summed E-state index contributed by atoms with van der Waals surface area (Å²) in [6.07, 6.45) is 0.